The van der Waals surface area contributed by atoms with Crippen molar-refractivity contribution in [3.63, 3.8) is 0 Å². The largest absolute Gasteiger partial charge is 0.505 e. The summed E-state index contributed by atoms with van der Waals surface area (Å²) in [7, 11) is 1.81. The number of aliphatic hydroxyl groups excluding tert-OH is 1. The predicted molar refractivity (Wildman–Crippen MR) is 91.5 cm³/mol. The van der Waals surface area contributed by atoms with E-state index in [-0.39, 0.29) is 12.4 Å². The third-order valence-electron chi connectivity index (χ3n) is 3.55. The molecule has 2 rings (SSSR count). The monoisotopic (exact) mass is 330 g/mol. The number of hydrogen-bond donors (Lipinski definition) is 2. The number of rotatable bonds is 7. The summed E-state index contributed by atoms with van der Waals surface area (Å²) >= 11 is 0. The average molecular weight is 330 g/mol. The Labute approximate surface area is 141 Å². The number of esters is 1. The van der Waals surface area contributed by atoms with E-state index in [0.29, 0.717) is 24.2 Å². The maximum atomic E-state index is 11.3. The Hall–Kier alpha value is -2.44. The highest BCUT2D eigenvalue weighted by atomic mass is 16.5. The third kappa shape index (κ3) is 4.53. The fraction of sp³-hybridized carbons (Fsp3) is 0.333. The number of benzene rings is 1. The van der Waals surface area contributed by atoms with Gasteiger partial charge in [-0.3, -0.25) is 9.88 Å². The van der Waals surface area contributed by atoms with Gasteiger partial charge in [0, 0.05) is 35.8 Å². The fourth-order valence-electron chi connectivity index (χ4n) is 2.36. The Morgan fingerprint density at radius 2 is 2.17 bits per heavy atom. The summed E-state index contributed by atoms with van der Waals surface area (Å²) in [6.07, 6.45) is 0.814. The van der Waals surface area contributed by atoms with Gasteiger partial charge in [-0.25, -0.2) is 4.79 Å². The molecular weight excluding hydrogens is 308 g/mol. The quantitative estimate of drug-likeness (QED) is 0.595. The maximum absolute atomic E-state index is 11.3. The minimum absolute atomic E-state index is 0.0959. The van der Waals surface area contributed by atoms with Crippen LogP contribution in [0.5, 0.6) is 5.75 Å². The Balaban J connectivity index is 1.94. The SMILES string of the molecule is C=C(C)C(=O)OCC(O)CN(C)Cc1ccc2cccnc2c1O. The topological polar surface area (TPSA) is 82.9 Å². The van der Waals surface area contributed by atoms with E-state index < -0.39 is 12.1 Å². The molecular formula is C18H22N2O4. The van der Waals surface area contributed by atoms with E-state index in [2.05, 4.69) is 11.6 Å². The van der Waals surface area contributed by atoms with Crippen LogP contribution in [0, 0.1) is 0 Å². The summed E-state index contributed by atoms with van der Waals surface area (Å²) in [4.78, 5) is 17.3. The highest BCUT2D eigenvalue weighted by Crippen LogP contribution is 2.27. The number of nitrogens with zero attached hydrogens (tertiary/aromatic N) is 2. The second-order valence-electron chi connectivity index (χ2n) is 5.88. The Bertz CT molecular complexity index is 745. The van der Waals surface area contributed by atoms with Crippen molar-refractivity contribution in [3.8, 4) is 5.75 Å². The second kappa shape index (κ2) is 7.90. The lowest BCUT2D eigenvalue weighted by molar-refractivity contribution is -0.142. The van der Waals surface area contributed by atoms with Crippen molar-refractivity contribution in [2.45, 2.75) is 19.6 Å². The molecule has 0 fully saturated rings. The maximum Gasteiger partial charge on any atom is 0.333 e. The van der Waals surface area contributed by atoms with Gasteiger partial charge in [-0.15, -0.1) is 0 Å². The molecule has 0 saturated heterocycles. The summed E-state index contributed by atoms with van der Waals surface area (Å²) in [5, 5.41) is 21.2. The van der Waals surface area contributed by atoms with Crippen LogP contribution in [0.25, 0.3) is 10.9 Å². The van der Waals surface area contributed by atoms with Crippen LogP contribution in [0.3, 0.4) is 0 Å². The van der Waals surface area contributed by atoms with Crippen LogP contribution >= 0.6 is 0 Å². The first-order chi connectivity index (χ1) is 11.4. The fourth-order valence-corrected chi connectivity index (χ4v) is 2.36. The predicted octanol–water partition coefficient (Wildman–Crippen LogP) is 1.85. The second-order valence-corrected chi connectivity index (χ2v) is 5.88. The lowest BCUT2D eigenvalue weighted by Gasteiger charge is -2.21. The van der Waals surface area contributed by atoms with Crippen molar-refractivity contribution >= 4 is 16.9 Å². The lowest BCUT2D eigenvalue weighted by Crippen LogP contribution is -2.32. The van der Waals surface area contributed by atoms with Crippen LogP contribution < -0.4 is 0 Å². The first-order valence-electron chi connectivity index (χ1n) is 7.63. The van der Waals surface area contributed by atoms with Crippen molar-refractivity contribution in [2.75, 3.05) is 20.2 Å². The van der Waals surface area contributed by atoms with E-state index in [1.807, 2.05) is 36.2 Å². The average Bonchev–Trinajstić information content (AvgIpc) is 2.55. The molecule has 0 aliphatic rings. The van der Waals surface area contributed by atoms with E-state index in [1.54, 1.807) is 13.1 Å². The number of phenols is 1. The molecule has 6 heteroatoms. The van der Waals surface area contributed by atoms with Crippen molar-refractivity contribution in [2.24, 2.45) is 0 Å². The Kier molecular flexibility index (Phi) is 5.89. The number of carbonyl (C=O) groups excluding carboxylic acids is 1. The van der Waals surface area contributed by atoms with Crippen LogP contribution in [-0.4, -0.2) is 52.4 Å². The number of aromatic nitrogens is 1. The van der Waals surface area contributed by atoms with E-state index in [1.165, 1.54) is 0 Å². The van der Waals surface area contributed by atoms with Crippen molar-refractivity contribution < 1.29 is 19.7 Å². The van der Waals surface area contributed by atoms with Gasteiger partial charge < -0.3 is 14.9 Å². The first-order valence-corrected chi connectivity index (χ1v) is 7.63. The van der Waals surface area contributed by atoms with Gasteiger partial charge in [0.2, 0.25) is 0 Å². The minimum Gasteiger partial charge on any atom is -0.505 e. The van der Waals surface area contributed by atoms with Crippen LogP contribution in [0.15, 0.2) is 42.6 Å². The summed E-state index contributed by atoms with van der Waals surface area (Å²) in [6.45, 7) is 5.67. The molecule has 2 N–H and O–H groups in total. The molecule has 0 bridgehead atoms. The zero-order valence-corrected chi connectivity index (χ0v) is 13.9. The molecule has 24 heavy (non-hydrogen) atoms. The van der Waals surface area contributed by atoms with Crippen molar-refractivity contribution in [1.82, 2.24) is 9.88 Å². The first kappa shape index (κ1) is 17.9. The normalized spacial score (nSPS) is 12.3. The molecule has 0 radical (unpaired) electrons. The van der Waals surface area contributed by atoms with Crippen LogP contribution in [0.4, 0.5) is 0 Å². The molecule has 0 aliphatic carbocycles. The summed E-state index contributed by atoms with van der Waals surface area (Å²) in [5.74, 6) is -0.377. The number of aromatic hydroxyl groups is 1. The number of hydrogen-bond acceptors (Lipinski definition) is 6. The molecule has 0 amide bonds. The number of likely N-dealkylation sites (N-methyl/N-ethyl adjacent to an activating group) is 1. The number of phenolic OH excluding ortho intramolecular Hbond substituents is 1. The van der Waals surface area contributed by atoms with E-state index in [9.17, 15) is 15.0 Å². The molecule has 128 valence electrons. The zero-order chi connectivity index (χ0) is 17.7. The van der Waals surface area contributed by atoms with Gasteiger partial charge in [-0.2, -0.15) is 0 Å². The van der Waals surface area contributed by atoms with Crippen LogP contribution in [0.1, 0.15) is 12.5 Å². The van der Waals surface area contributed by atoms with Gasteiger partial charge in [0.25, 0.3) is 0 Å². The van der Waals surface area contributed by atoms with Crippen molar-refractivity contribution in [1.29, 1.82) is 0 Å². The molecule has 6 nitrogen and oxygen atoms in total. The number of carbonyl (C=O) groups is 1. The number of ether oxygens (including phenoxy) is 1. The van der Waals surface area contributed by atoms with E-state index in [4.69, 9.17) is 4.74 Å². The molecule has 1 aromatic heterocycles. The molecule has 1 aromatic carbocycles. The molecule has 1 unspecified atom stereocenters. The summed E-state index contributed by atoms with van der Waals surface area (Å²) < 4.78 is 4.92. The molecule has 0 saturated carbocycles. The van der Waals surface area contributed by atoms with Gasteiger partial charge in [-0.1, -0.05) is 24.8 Å². The van der Waals surface area contributed by atoms with Crippen LogP contribution in [0.2, 0.25) is 0 Å². The van der Waals surface area contributed by atoms with Gasteiger partial charge in [0.1, 0.15) is 24.0 Å². The molecule has 0 spiro atoms. The lowest BCUT2D eigenvalue weighted by atomic mass is 10.1. The molecule has 2 aromatic rings. The van der Waals surface area contributed by atoms with E-state index in [0.717, 1.165) is 10.9 Å². The summed E-state index contributed by atoms with van der Waals surface area (Å²) in [6, 6.07) is 7.44. The van der Waals surface area contributed by atoms with Gasteiger partial charge in [-0.05, 0) is 20.0 Å². The Morgan fingerprint density at radius 3 is 2.88 bits per heavy atom. The standard InChI is InChI=1S/C18H22N2O4/c1-12(2)18(23)24-11-15(21)10-20(3)9-14-7-6-13-5-4-8-19-16(13)17(14)22/h4-8,15,21-22H,1,9-11H2,2-3H3. The molecule has 1 atom stereocenters. The van der Waals surface area contributed by atoms with E-state index >= 15 is 0 Å². The minimum atomic E-state index is -0.820. The van der Waals surface area contributed by atoms with Gasteiger partial charge in [0.15, 0.2) is 0 Å². The number of fused-ring (bicyclic) bond motifs is 1. The summed E-state index contributed by atoms with van der Waals surface area (Å²) in [5.41, 5.74) is 1.57. The third-order valence-corrected chi connectivity index (χ3v) is 3.55. The highest BCUT2D eigenvalue weighted by Gasteiger charge is 2.14. The van der Waals surface area contributed by atoms with Gasteiger partial charge >= 0.3 is 5.97 Å². The number of pyridine rings is 1. The smallest absolute Gasteiger partial charge is 0.333 e. The van der Waals surface area contributed by atoms with Gasteiger partial charge in [0.05, 0.1) is 0 Å². The highest BCUT2D eigenvalue weighted by molar-refractivity contribution is 5.87. The van der Waals surface area contributed by atoms with Crippen molar-refractivity contribution in [3.05, 3.63) is 48.2 Å². The van der Waals surface area contributed by atoms with Crippen LogP contribution in [-0.2, 0) is 16.1 Å². The zero-order valence-electron chi connectivity index (χ0n) is 13.9. The molecule has 1 heterocycles. The number of aliphatic hydroxyl groups is 1. The Morgan fingerprint density at radius 1 is 1.42 bits per heavy atom. The molecule has 0 aliphatic heterocycles.